The molecule has 1 aromatic carbocycles. The van der Waals surface area contributed by atoms with E-state index in [1.54, 1.807) is 0 Å². The van der Waals surface area contributed by atoms with Crippen LogP contribution in [0.3, 0.4) is 0 Å². The number of fused-ring (bicyclic) bond motifs is 2. The molecular weight excluding hydrogens is 262 g/mol. The van der Waals surface area contributed by atoms with E-state index in [1.807, 2.05) is 38.1 Å². The second-order valence-electron chi connectivity index (χ2n) is 6.77. The first-order chi connectivity index (χ1) is 10.0. The highest BCUT2D eigenvalue weighted by Gasteiger charge is 2.40. The predicted octanol–water partition coefficient (Wildman–Crippen LogP) is 3.53. The van der Waals surface area contributed by atoms with Gasteiger partial charge in [-0.1, -0.05) is 0 Å². The molecule has 0 N–H and O–H groups in total. The highest BCUT2D eigenvalue weighted by atomic mass is 16.5. The van der Waals surface area contributed by atoms with Gasteiger partial charge in [-0.3, -0.25) is 4.79 Å². The number of hydrogen-bond donors (Lipinski definition) is 0. The summed E-state index contributed by atoms with van der Waals surface area (Å²) < 4.78 is 5.63. The van der Waals surface area contributed by atoms with Crippen molar-refractivity contribution < 1.29 is 9.53 Å². The average molecular weight is 287 g/mol. The molecule has 2 aliphatic rings. The van der Waals surface area contributed by atoms with Crippen LogP contribution in [0.25, 0.3) is 0 Å². The zero-order chi connectivity index (χ0) is 15.0. The lowest BCUT2D eigenvalue weighted by atomic mass is 9.85. The Labute approximate surface area is 127 Å². The maximum Gasteiger partial charge on any atom is 0.166 e. The number of carbonyl (C=O) groups excluding carboxylic acids is 1. The van der Waals surface area contributed by atoms with Crippen molar-refractivity contribution in [1.82, 2.24) is 4.90 Å². The summed E-state index contributed by atoms with van der Waals surface area (Å²) in [4.78, 5) is 15.2. The van der Waals surface area contributed by atoms with Crippen molar-refractivity contribution in [3.8, 4) is 5.75 Å². The number of carbonyl (C=O) groups is 1. The lowest BCUT2D eigenvalue weighted by Gasteiger charge is -2.35. The molecule has 0 saturated carbocycles. The summed E-state index contributed by atoms with van der Waals surface area (Å²) in [5, 5.41) is 0. The van der Waals surface area contributed by atoms with E-state index >= 15 is 0 Å². The van der Waals surface area contributed by atoms with Gasteiger partial charge in [0.2, 0.25) is 0 Å². The van der Waals surface area contributed by atoms with Gasteiger partial charge in [-0.2, -0.15) is 0 Å². The average Bonchev–Trinajstić information content (AvgIpc) is 2.68. The highest BCUT2D eigenvalue weighted by Crippen LogP contribution is 2.38. The molecule has 2 heterocycles. The Morgan fingerprint density at radius 3 is 2.24 bits per heavy atom. The number of ether oxygens (including phenoxy) is 1. The van der Waals surface area contributed by atoms with Gasteiger partial charge in [0.25, 0.3) is 0 Å². The summed E-state index contributed by atoms with van der Waals surface area (Å²) >= 11 is 0. The zero-order valence-electron chi connectivity index (χ0n) is 13.2. The van der Waals surface area contributed by atoms with Crippen molar-refractivity contribution in [3.63, 3.8) is 0 Å². The van der Waals surface area contributed by atoms with Gasteiger partial charge in [0.1, 0.15) is 5.75 Å². The van der Waals surface area contributed by atoms with Gasteiger partial charge in [-0.25, -0.2) is 0 Å². The van der Waals surface area contributed by atoms with E-state index in [2.05, 4.69) is 11.9 Å². The normalized spacial score (nSPS) is 28.9. The van der Waals surface area contributed by atoms with Crippen LogP contribution in [0.2, 0.25) is 0 Å². The molecule has 2 saturated heterocycles. The molecule has 3 rings (SSSR count). The minimum atomic E-state index is 0.163. The molecule has 0 amide bonds. The molecule has 2 fully saturated rings. The van der Waals surface area contributed by atoms with Crippen molar-refractivity contribution >= 4 is 5.78 Å². The SMILES string of the molecule is CC(C)Oc1ccc(C(=O)C2CC3CCC(C2)N3C)cc1. The van der Waals surface area contributed by atoms with Crippen molar-refractivity contribution in [2.75, 3.05) is 7.05 Å². The molecule has 0 aromatic heterocycles. The van der Waals surface area contributed by atoms with E-state index in [1.165, 1.54) is 12.8 Å². The Morgan fingerprint density at radius 1 is 1.14 bits per heavy atom. The molecule has 3 nitrogen and oxygen atoms in total. The van der Waals surface area contributed by atoms with Crippen LogP contribution in [-0.4, -0.2) is 35.9 Å². The Balaban J connectivity index is 1.68. The van der Waals surface area contributed by atoms with Gasteiger partial charge in [0, 0.05) is 23.6 Å². The largest absolute Gasteiger partial charge is 0.491 e. The lowest BCUT2D eigenvalue weighted by Crippen LogP contribution is -2.42. The maximum atomic E-state index is 12.7. The van der Waals surface area contributed by atoms with Crippen LogP contribution >= 0.6 is 0 Å². The summed E-state index contributed by atoms with van der Waals surface area (Å²) in [6.07, 6.45) is 4.72. The fraction of sp³-hybridized carbons (Fsp3) is 0.611. The van der Waals surface area contributed by atoms with Crippen LogP contribution in [0.15, 0.2) is 24.3 Å². The van der Waals surface area contributed by atoms with Gasteiger partial charge < -0.3 is 9.64 Å². The molecule has 114 valence electrons. The molecule has 2 unspecified atom stereocenters. The molecule has 3 heteroatoms. The first-order valence-electron chi connectivity index (χ1n) is 8.07. The van der Waals surface area contributed by atoms with E-state index in [0.717, 1.165) is 24.2 Å². The topological polar surface area (TPSA) is 29.5 Å². The van der Waals surface area contributed by atoms with Gasteiger partial charge in [-0.15, -0.1) is 0 Å². The smallest absolute Gasteiger partial charge is 0.166 e. The number of hydrogen-bond acceptors (Lipinski definition) is 3. The Morgan fingerprint density at radius 2 is 1.71 bits per heavy atom. The van der Waals surface area contributed by atoms with Crippen LogP contribution in [0, 0.1) is 5.92 Å². The molecule has 2 aliphatic heterocycles. The van der Waals surface area contributed by atoms with Crippen molar-refractivity contribution in [2.45, 2.75) is 57.7 Å². The Kier molecular flexibility index (Phi) is 4.03. The number of ketones is 1. The minimum Gasteiger partial charge on any atom is -0.491 e. The van der Waals surface area contributed by atoms with Gasteiger partial charge in [0.15, 0.2) is 5.78 Å². The molecule has 0 radical (unpaired) electrons. The third kappa shape index (κ3) is 2.98. The first kappa shape index (κ1) is 14.6. The molecule has 0 spiro atoms. The van der Waals surface area contributed by atoms with Crippen LogP contribution in [0.5, 0.6) is 5.75 Å². The summed E-state index contributed by atoms with van der Waals surface area (Å²) in [5.41, 5.74) is 0.833. The maximum absolute atomic E-state index is 12.7. The third-order valence-electron chi connectivity index (χ3n) is 4.98. The quantitative estimate of drug-likeness (QED) is 0.793. The second-order valence-corrected chi connectivity index (χ2v) is 6.77. The number of benzene rings is 1. The number of piperidine rings is 1. The summed E-state index contributed by atoms with van der Waals surface area (Å²) in [6, 6.07) is 8.89. The first-order valence-corrected chi connectivity index (χ1v) is 8.07. The van der Waals surface area contributed by atoms with Crippen molar-refractivity contribution in [3.05, 3.63) is 29.8 Å². The number of nitrogens with zero attached hydrogens (tertiary/aromatic N) is 1. The van der Waals surface area contributed by atoms with E-state index < -0.39 is 0 Å². The zero-order valence-corrected chi connectivity index (χ0v) is 13.2. The summed E-state index contributed by atoms with van der Waals surface area (Å²) in [6.45, 7) is 4.01. The number of Topliss-reactive ketones (excluding diaryl/α,β-unsaturated/α-hetero) is 1. The Bertz CT molecular complexity index is 494. The van der Waals surface area contributed by atoms with Gasteiger partial charge in [0.05, 0.1) is 6.10 Å². The highest BCUT2D eigenvalue weighted by molar-refractivity contribution is 5.98. The molecule has 0 aliphatic carbocycles. The fourth-order valence-electron chi connectivity index (χ4n) is 3.83. The molecule has 21 heavy (non-hydrogen) atoms. The molecule has 2 bridgehead atoms. The predicted molar refractivity (Wildman–Crippen MR) is 83.8 cm³/mol. The molecule has 1 aromatic rings. The summed E-state index contributed by atoms with van der Waals surface area (Å²) in [5.74, 6) is 1.36. The van der Waals surface area contributed by atoms with E-state index in [9.17, 15) is 4.79 Å². The Hall–Kier alpha value is -1.35. The third-order valence-corrected chi connectivity index (χ3v) is 4.98. The van der Waals surface area contributed by atoms with Crippen molar-refractivity contribution in [1.29, 1.82) is 0 Å². The fourth-order valence-corrected chi connectivity index (χ4v) is 3.83. The van der Waals surface area contributed by atoms with Crippen LogP contribution in [0.4, 0.5) is 0 Å². The van der Waals surface area contributed by atoms with Crippen LogP contribution in [-0.2, 0) is 0 Å². The van der Waals surface area contributed by atoms with E-state index in [4.69, 9.17) is 4.74 Å². The monoisotopic (exact) mass is 287 g/mol. The summed E-state index contributed by atoms with van der Waals surface area (Å²) in [7, 11) is 2.21. The molecular formula is C18H25NO2. The molecule has 2 atom stereocenters. The van der Waals surface area contributed by atoms with E-state index in [0.29, 0.717) is 17.9 Å². The standard InChI is InChI=1S/C18H25NO2/c1-12(2)21-17-8-4-13(5-9-17)18(20)14-10-15-6-7-16(11-14)19(15)3/h4-5,8-9,12,14-16H,6-7,10-11H2,1-3H3. The van der Waals surface area contributed by atoms with Crippen molar-refractivity contribution in [2.24, 2.45) is 5.92 Å². The van der Waals surface area contributed by atoms with Gasteiger partial charge >= 0.3 is 0 Å². The van der Waals surface area contributed by atoms with Crippen LogP contribution in [0.1, 0.15) is 49.9 Å². The van der Waals surface area contributed by atoms with Crippen LogP contribution < -0.4 is 4.74 Å². The lowest BCUT2D eigenvalue weighted by molar-refractivity contribution is 0.0767. The second kappa shape index (κ2) is 5.80. The van der Waals surface area contributed by atoms with Gasteiger partial charge in [-0.05, 0) is 70.8 Å². The minimum absolute atomic E-state index is 0.163. The number of rotatable bonds is 4. The van der Waals surface area contributed by atoms with E-state index in [-0.39, 0.29) is 12.0 Å².